The first-order valence-electron chi connectivity index (χ1n) is 9.15. The normalized spacial score (nSPS) is 16.4. The molecule has 3 aromatic carbocycles. The number of fused-ring (bicyclic) bond motifs is 1. The molecule has 0 spiro atoms. The second-order valence-electron chi connectivity index (χ2n) is 6.80. The molecule has 29 heavy (non-hydrogen) atoms. The maximum Gasteiger partial charge on any atom is 0.387 e. The molecule has 148 valence electrons. The van der Waals surface area contributed by atoms with Crippen molar-refractivity contribution in [3.8, 4) is 5.75 Å². The van der Waals surface area contributed by atoms with E-state index >= 15 is 0 Å². The van der Waals surface area contributed by atoms with Crippen LogP contribution in [-0.2, 0) is 9.59 Å². The Morgan fingerprint density at radius 1 is 1.03 bits per heavy atom. The molecule has 0 radical (unpaired) electrons. The van der Waals surface area contributed by atoms with Crippen LogP contribution >= 0.6 is 0 Å². The van der Waals surface area contributed by atoms with Crippen LogP contribution in [0, 0.1) is 5.92 Å². The lowest BCUT2D eigenvalue weighted by molar-refractivity contribution is -0.122. The molecule has 1 aliphatic rings. The summed E-state index contributed by atoms with van der Waals surface area (Å²) < 4.78 is 28.7. The van der Waals surface area contributed by atoms with E-state index in [-0.39, 0.29) is 30.5 Å². The van der Waals surface area contributed by atoms with Crippen molar-refractivity contribution in [1.29, 1.82) is 0 Å². The number of nitrogens with zero attached hydrogens (tertiary/aromatic N) is 1. The lowest BCUT2D eigenvalue weighted by atomic mass is 10.1. The van der Waals surface area contributed by atoms with Gasteiger partial charge in [0.15, 0.2) is 0 Å². The first-order valence-corrected chi connectivity index (χ1v) is 9.15. The maximum absolute atomic E-state index is 12.6. The Morgan fingerprint density at radius 3 is 2.52 bits per heavy atom. The molecule has 0 unspecified atom stereocenters. The van der Waals surface area contributed by atoms with E-state index in [4.69, 9.17) is 0 Å². The van der Waals surface area contributed by atoms with Gasteiger partial charge in [-0.25, -0.2) is 0 Å². The molecule has 0 aromatic heterocycles. The smallest absolute Gasteiger partial charge is 0.387 e. The highest BCUT2D eigenvalue weighted by atomic mass is 19.3. The molecule has 1 atom stereocenters. The predicted octanol–water partition coefficient (Wildman–Crippen LogP) is 4.43. The zero-order valence-corrected chi connectivity index (χ0v) is 15.3. The summed E-state index contributed by atoms with van der Waals surface area (Å²) >= 11 is 0. The van der Waals surface area contributed by atoms with Crippen molar-refractivity contribution in [1.82, 2.24) is 0 Å². The zero-order valence-electron chi connectivity index (χ0n) is 15.3. The van der Waals surface area contributed by atoms with Crippen LogP contribution in [0.4, 0.5) is 20.2 Å². The molecule has 1 saturated heterocycles. The topological polar surface area (TPSA) is 58.6 Å². The van der Waals surface area contributed by atoms with Crippen molar-refractivity contribution >= 4 is 34.0 Å². The Bertz CT molecular complexity index is 1050. The predicted molar refractivity (Wildman–Crippen MR) is 106 cm³/mol. The number of carbonyl (C=O) groups excluding carboxylic acids is 2. The molecule has 1 N–H and O–H groups in total. The van der Waals surface area contributed by atoms with Gasteiger partial charge in [-0.3, -0.25) is 9.59 Å². The SMILES string of the molecule is O=C(Nc1ccc(OC(F)F)cc1)[C@H]1CC(=O)N(c2cccc3ccccc23)C1. The highest BCUT2D eigenvalue weighted by molar-refractivity contribution is 6.08. The van der Waals surface area contributed by atoms with E-state index in [1.54, 1.807) is 4.90 Å². The number of hydrogen-bond acceptors (Lipinski definition) is 3. The lowest BCUT2D eigenvalue weighted by Gasteiger charge is -2.19. The van der Waals surface area contributed by atoms with Crippen LogP contribution in [0.25, 0.3) is 10.8 Å². The van der Waals surface area contributed by atoms with Crippen molar-refractivity contribution in [3.05, 3.63) is 66.7 Å². The highest BCUT2D eigenvalue weighted by Gasteiger charge is 2.35. The van der Waals surface area contributed by atoms with Crippen LogP contribution in [0.15, 0.2) is 66.7 Å². The maximum atomic E-state index is 12.6. The largest absolute Gasteiger partial charge is 0.435 e. The molecule has 0 saturated carbocycles. The van der Waals surface area contributed by atoms with E-state index < -0.39 is 12.5 Å². The Labute approximate surface area is 165 Å². The third kappa shape index (κ3) is 4.03. The van der Waals surface area contributed by atoms with Crippen LogP contribution in [0.2, 0.25) is 0 Å². The van der Waals surface area contributed by atoms with Gasteiger partial charge in [0.1, 0.15) is 5.75 Å². The number of benzene rings is 3. The number of amides is 2. The minimum atomic E-state index is -2.90. The summed E-state index contributed by atoms with van der Waals surface area (Å²) in [5.74, 6) is -0.888. The van der Waals surface area contributed by atoms with E-state index in [0.717, 1.165) is 16.5 Å². The molecule has 0 bridgehead atoms. The summed E-state index contributed by atoms with van der Waals surface area (Å²) in [6.45, 7) is -2.62. The second-order valence-corrected chi connectivity index (χ2v) is 6.80. The summed E-state index contributed by atoms with van der Waals surface area (Å²) in [4.78, 5) is 26.9. The summed E-state index contributed by atoms with van der Waals surface area (Å²) in [6, 6.07) is 19.2. The minimum Gasteiger partial charge on any atom is -0.435 e. The lowest BCUT2D eigenvalue weighted by Crippen LogP contribution is -2.28. The van der Waals surface area contributed by atoms with Crippen LogP contribution in [-0.4, -0.2) is 25.0 Å². The van der Waals surface area contributed by atoms with Crippen LogP contribution in [0.3, 0.4) is 0 Å². The molecular formula is C22H18F2N2O3. The molecule has 1 aliphatic heterocycles. The van der Waals surface area contributed by atoms with Gasteiger partial charge in [0.05, 0.1) is 11.6 Å². The third-order valence-corrected chi connectivity index (χ3v) is 4.90. The molecule has 5 nitrogen and oxygen atoms in total. The van der Waals surface area contributed by atoms with Gasteiger partial charge in [0.2, 0.25) is 11.8 Å². The average Bonchev–Trinajstić information content (AvgIpc) is 3.10. The van der Waals surface area contributed by atoms with Gasteiger partial charge < -0.3 is 15.0 Å². The van der Waals surface area contributed by atoms with E-state index in [2.05, 4.69) is 10.1 Å². The van der Waals surface area contributed by atoms with Crippen molar-refractivity contribution < 1.29 is 23.1 Å². The molecule has 1 fully saturated rings. The quantitative estimate of drug-likeness (QED) is 0.694. The Kier molecular flexibility index (Phi) is 5.12. The fourth-order valence-corrected chi connectivity index (χ4v) is 3.52. The summed E-state index contributed by atoms with van der Waals surface area (Å²) in [7, 11) is 0. The number of ether oxygens (including phenoxy) is 1. The number of hydrogen-bond donors (Lipinski definition) is 1. The third-order valence-electron chi connectivity index (χ3n) is 4.90. The van der Waals surface area contributed by atoms with Gasteiger partial charge in [-0.05, 0) is 35.7 Å². The van der Waals surface area contributed by atoms with E-state index in [1.807, 2.05) is 42.5 Å². The van der Waals surface area contributed by atoms with Crippen molar-refractivity contribution in [2.75, 3.05) is 16.8 Å². The fourth-order valence-electron chi connectivity index (χ4n) is 3.52. The summed E-state index contributed by atoms with van der Waals surface area (Å²) in [5, 5.41) is 4.72. The first kappa shape index (κ1) is 18.9. The monoisotopic (exact) mass is 396 g/mol. The standard InChI is InChI=1S/C22H18F2N2O3/c23-22(24)29-17-10-8-16(9-11-17)25-21(28)15-12-20(27)26(13-15)19-7-3-5-14-4-1-2-6-18(14)19/h1-11,15,22H,12-13H2,(H,25,28)/t15-/m0/s1. The second kappa shape index (κ2) is 7.87. The van der Waals surface area contributed by atoms with Crippen LogP contribution < -0.4 is 15.0 Å². The number of anilines is 2. The average molecular weight is 396 g/mol. The van der Waals surface area contributed by atoms with Gasteiger partial charge in [-0.2, -0.15) is 8.78 Å². The Morgan fingerprint density at radius 2 is 1.76 bits per heavy atom. The highest BCUT2D eigenvalue weighted by Crippen LogP contribution is 2.32. The van der Waals surface area contributed by atoms with Gasteiger partial charge >= 0.3 is 6.61 Å². The van der Waals surface area contributed by atoms with Gasteiger partial charge in [-0.15, -0.1) is 0 Å². The number of nitrogens with one attached hydrogen (secondary N) is 1. The van der Waals surface area contributed by atoms with Gasteiger partial charge in [-0.1, -0.05) is 36.4 Å². The molecule has 0 aliphatic carbocycles. The zero-order chi connectivity index (χ0) is 20.4. The fraction of sp³-hybridized carbons (Fsp3) is 0.182. The molecule has 4 rings (SSSR count). The number of alkyl halides is 2. The van der Waals surface area contributed by atoms with E-state index in [9.17, 15) is 18.4 Å². The number of carbonyl (C=O) groups is 2. The van der Waals surface area contributed by atoms with Gasteiger partial charge in [0.25, 0.3) is 0 Å². The molecular weight excluding hydrogens is 378 g/mol. The van der Waals surface area contributed by atoms with E-state index in [0.29, 0.717) is 5.69 Å². The van der Waals surface area contributed by atoms with Crippen molar-refractivity contribution in [3.63, 3.8) is 0 Å². The summed E-state index contributed by atoms with van der Waals surface area (Å²) in [5.41, 5.74) is 1.24. The Balaban J connectivity index is 1.47. The van der Waals surface area contributed by atoms with Crippen LogP contribution in [0.1, 0.15) is 6.42 Å². The summed E-state index contributed by atoms with van der Waals surface area (Å²) in [6.07, 6.45) is 0.113. The Hall–Kier alpha value is -3.48. The molecule has 2 amide bonds. The molecule has 1 heterocycles. The minimum absolute atomic E-state index is 0.0103. The number of halogens is 2. The van der Waals surface area contributed by atoms with E-state index in [1.165, 1.54) is 24.3 Å². The van der Waals surface area contributed by atoms with Crippen molar-refractivity contribution in [2.45, 2.75) is 13.0 Å². The number of rotatable bonds is 5. The first-order chi connectivity index (χ1) is 14.0. The van der Waals surface area contributed by atoms with Gasteiger partial charge in [0, 0.05) is 24.0 Å². The van der Waals surface area contributed by atoms with Crippen LogP contribution in [0.5, 0.6) is 5.75 Å². The molecule has 7 heteroatoms. The van der Waals surface area contributed by atoms with Crippen molar-refractivity contribution in [2.24, 2.45) is 5.92 Å². The molecule has 3 aromatic rings.